The molecule has 1 aromatic heterocycles. The Bertz CT molecular complexity index is 903. The zero-order valence-corrected chi connectivity index (χ0v) is 12.7. The molecule has 4 rings (SSSR count). The highest BCUT2D eigenvalue weighted by molar-refractivity contribution is 6.04. The van der Waals surface area contributed by atoms with Crippen molar-refractivity contribution < 1.29 is 9.18 Å². The van der Waals surface area contributed by atoms with Gasteiger partial charge < -0.3 is 5.32 Å². The Hall–Kier alpha value is -3.09. The van der Waals surface area contributed by atoms with E-state index in [0.717, 1.165) is 18.4 Å². The van der Waals surface area contributed by atoms with Crippen molar-refractivity contribution in [3.63, 3.8) is 0 Å². The maximum Gasteiger partial charge on any atom is 0.255 e. The Morgan fingerprint density at radius 3 is 2.79 bits per heavy atom. The predicted octanol–water partition coefficient (Wildman–Crippen LogP) is 3.07. The van der Waals surface area contributed by atoms with Gasteiger partial charge in [0.15, 0.2) is 5.82 Å². The second kappa shape index (κ2) is 5.84. The topological polar surface area (TPSA) is 72.7 Å². The van der Waals surface area contributed by atoms with Crippen LogP contribution in [-0.2, 0) is 0 Å². The van der Waals surface area contributed by atoms with Crippen LogP contribution in [0.1, 0.15) is 29.2 Å². The van der Waals surface area contributed by atoms with Crippen LogP contribution in [0.3, 0.4) is 0 Å². The number of carbonyl (C=O) groups is 1. The number of hydrogen-bond acceptors (Lipinski definition) is 4. The third-order valence-electron chi connectivity index (χ3n) is 3.85. The molecule has 1 fully saturated rings. The summed E-state index contributed by atoms with van der Waals surface area (Å²) in [5.41, 5.74) is 1.69. The average Bonchev–Trinajstić information content (AvgIpc) is 3.32. The average molecular weight is 323 g/mol. The number of halogens is 1. The van der Waals surface area contributed by atoms with E-state index in [1.54, 1.807) is 12.1 Å². The first kappa shape index (κ1) is 14.5. The van der Waals surface area contributed by atoms with Gasteiger partial charge in [0.1, 0.15) is 5.82 Å². The lowest BCUT2D eigenvalue weighted by Gasteiger charge is -2.08. The van der Waals surface area contributed by atoms with Crippen LogP contribution >= 0.6 is 0 Å². The van der Waals surface area contributed by atoms with Gasteiger partial charge in [0.2, 0.25) is 0 Å². The molecule has 1 heterocycles. The Balaban J connectivity index is 1.58. The number of amides is 1. The summed E-state index contributed by atoms with van der Waals surface area (Å²) < 4.78 is 15.1. The van der Waals surface area contributed by atoms with E-state index in [1.807, 2.05) is 22.9 Å². The van der Waals surface area contributed by atoms with Crippen molar-refractivity contribution in [1.82, 2.24) is 20.2 Å². The first-order valence-corrected chi connectivity index (χ1v) is 7.66. The Morgan fingerprint density at radius 1 is 1.17 bits per heavy atom. The second-order valence-corrected chi connectivity index (χ2v) is 5.72. The van der Waals surface area contributed by atoms with Crippen molar-refractivity contribution in [3.8, 4) is 11.4 Å². The highest BCUT2D eigenvalue weighted by Crippen LogP contribution is 2.36. The van der Waals surface area contributed by atoms with E-state index >= 15 is 0 Å². The molecular weight excluding hydrogens is 309 g/mol. The van der Waals surface area contributed by atoms with Gasteiger partial charge >= 0.3 is 0 Å². The fourth-order valence-electron chi connectivity index (χ4n) is 2.52. The van der Waals surface area contributed by atoms with Crippen LogP contribution in [0.4, 0.5) is 10.1 Å². The first-order valence-electron chi connectivity index (χ1n) is 7.66. The fourth-order valence-corrected chi connectivity index (χ4v) is 2.52. The van der Waals surface area contributed by atoms with Gasteiger partial charge in [0.05, 0.1) is 6.04 Å². The molecule has 6 nitrogen and oxygen atoms in total. The van der Waals surface area contributed by atoms with Crippen LogP contribution in [0.5, 0.6) is 0 Å². The molecule has 1 N–H and O–H groups in total. The Kier molecular flexibility index (Phi) is 3.53. The molecule has 120 valence electrons. The fraction of sp³-hybridized carbons (Fsp3) is 0.176. The highest BCUT2D eigenvalue weighted by atomic mass is 19.1. The number of hydrogen-bond donors (Lipinski definition) is 1. The number of nitrogens with one attached hydrogen (secondary N) is 1. The van der Waals surface area contributed by atoms with E-state index in [9.17, 15) is 9.18 Å². The van der Waals surface area contributed by atoms with Gasteiger partial charge in [-0.1, -0.05) is 18.2 Å². The third kappa shape index (κ3) is 2.88. The molecule has 3 aromatic rings. The number of carbonyl (C=O) groups excluding carboxylic acids is 1. The molecule has 0 aliphatic heterocycles. The summed E-state index contributed by atoms with van der Waals surface area (Å²) in [5, 5.41) is 14.6. The monoisotopic (exact) mass is 323 g/mol. The van der Waals surface area contributed by atoms with Crippen molar-refractivity contribution >= 4 is 11.6 Å². The Morgan fingerprint density at radius 2 is 2.00 bits per heavy atom. The summed E-state index contributed by atoms with van der Waals surface area (Å²) in [6.45, 7) is 0. The minimum absolute atomic E-state index is 0.267. The number of nitrogens with zero attached hydrogens (tertiary/aromatic N) is 4. The molecule has 2 aromatic carbocycles. The molecule has 0 saturated heterocycles. The molecule has 0 bridgehead atoms. The smallest absolute Gasteiger partial charge is 0.255 e. The van der Waals surface area contributed by atoms with Gasteiger partial charge in [0, 0.05) is 16.8 Å². The summed E-state index contributed by atoms with van der Waals surface area (Å²) in [7, 11) is 0. The van der Waals surface area contributed by atoms with Gasteiger partial charge in [0.25, 0.3) is 5.91 Å². The van der Waals surface area contributed by atoms with Crippen molar-refractivity contribution in [3.05, 3.63) is 59.9 Å². The van der Waals surface area contributed by atoms with Crippen LogP contribution in [0.2, 0.25) is 0 Å². The van der Waals surface area contributed by atoms with Crippen molar-refractivity contribution in [2.75, 3.05) is 5.32 Å². The van der Waals surface area contributed by atoms with E-state index in [1.165, 1.54) is 18.2 Å². The lowest BCUT2D eigenvalue weighted by atomic mass is 10.1. The Labute approximate surface area is 137 Å². The van der Waals surface area contributed by atoms with Crippen LogP contribution < -0.4 is 5.32 Å². The molecular formula is C17H14FN5O. The van der Waals surface area contributed by atoms with E-state index in [0.29, 0.717) is 17.6 Å². The third-order valence-corrected chi connectivity index (χ3v) is 3.85. The van der Waals surface area contributed by atoms with E-state index < -0.39 is 5.82 Å². The highest BCUT2D eigenvalue weighted by Gasteiger charge is 2.28. The van der Waals surface area contributed by atoms with Crippen molar-refractivity contribution in [2.24, 2.45) is 0 Å². The van der Waals surface area contributed by atoms with E-state index in [4.69, 9.17) is 0 Å². The minimum Gasteiger partial charge on any atom is -0.322 e. The number of tetrazole rings is 1. The zero-order chi connectivity index (χ0) is 16.5. The van der Waals surface area contributed by atoms with Crippen molar-refractivity contribution in [2.45, 2.75) is 18.9 Å². The molecule has 1 amide bonds. The maximum absolute atomic E-state index is 13.2. The number of anilines is 1. The molecule has 1 aliphatic rings. The normalized spacial score (nSPS) is 13.7. The molecule has 0 atom stereocenters. The summed E-state index contributed by atoms with van der Waals surface area (Å²) in [4.78, 5) is 12.2. The standard InChI is InChI=1S/C17H14FN5O/c18-13-5-1-4-12(9-13)17(24)19-14-6-2-3-11(10-14)16-20-21-22-23(16)15-7-8-15/h1-6,9-10,15H,7-8H2,(H,19,24). The van der Waals surface area contributed by atoms with Gasteiger partial charge in [-0.3, -0.25) is 4.79 Å². The first-order chi connectivity index (χ1) is 11.7. The number of benzene rings is 2. The lowest BCUT2D eigenvalue weighted by Crippen LogP contribution is -2.12. The second-order valence-electron chi connectivity index (χ2n) is 5.72. The maximum atomic E-state index is 13.2. The van der Waals surface area contributed by atoms with Gasteiger partial charge in [-0.2, -0.15) is 0 Å². The van der Waals surface area contributed by atoms with Crippen LogP contribution in [0.15, 0.2) is 48.5 Å². The number of aromatic nitrogens is 4. The predicted molar refractivity (Wildman–Crippen MR) is 85.9 cm³/mol. The molecule has 1 aliphatic carbocycles. The molecule has 0 unspecified atom stereocenters. The minimum atomic E-state index is -0.444. The van der Waals surface area contributed by atoms with Gasteiger partial charge in [-0.05, 0) is 53.6 Å². The van der Waals surface area contributed by atoms with Crippen LogP contribution in [-0.4, -0.2) is 26.1 Å². The molecule has 24 heavy (non-hydrogen) atoms. The van der Waals surface area contributed by atoms with Crippen molar-refractivity contribution in [1.29, 1.82) is 0 Å². The molecule has 0 spiro atoms. The lowest BCUT2D eigenvalue weighted by molar-refractivity contribution is 0.102. The molecule has 0 radical (unpaired) electrons. The van der Waals surface area contributed by atoms with E-state index in [-0.39, 0.29) is 11.5 Å². The zero-order valence-electron chi connectivity index (χ0n) is 12.7. The van der Waals surface area contributed by atoms with Gasteiger partial charge in [-0.25, -0.2) is 9.07 Å². The molecule has 7 heteroatoms. The van der Waals surface area contributed by atoms with Crippen LogP contribution in [0.25, 0.3) is 11.4 Å². The summed E-state index contributed by atoms with van der Waals surface area (Å²) >= 11 is 0. The largest absolute Gasteiger partial charge is 0.322 e. The van der Waals surface area contributed by atoms with E-state index in [2.05, 4.69) is 20.8 Å². The SMILES string of the molecule is O=C(Nc1cccc(-c2nnnn2C2CC2)c1)c1cccc(F)c1. The molecule has 1 saturated carbocycles. The summed E-state index contributed by atoms with van der Waals surface area (Å²) in [5.74, 6) is -0.132. The van der Waals surface area contributed by atoms with Crippen LogP contribution in [0, 0.1) is 5.82 Å². The quantitative estimate of drug-likeness (QED) is 0.801. The summed E-state index contributed by atoms with van der Waals surface area (Å²) in [6.07, 6.45) is 2.15. The van der Waals surface area contributed by atoms with Gasteiger partial charge in [-0.15, -0.1) is 5.10 Å². The number of rotatable bonds is 4. The summed E-state index contributed by atoms with van der Waals surface area (Å²) in [6, 6.07) is 13.2.